The largest absolute Gasteiger partial charge is 0.489 e. The van der Waals surface area contributed by atoms with E-state index in [-0.39, 0.29) is 11.4 Å². The third kappa shape index (κ3) is 5.05. The number of ether oxygens (including phenoxy) is 1. The quantitative estimate of drug-likeness (QED) is 0.664. The SMILES string of the molecule is O=C(O)c1ccc(NC(=O)c2cc(Cl)cc(OCc3ccccc3)c2)nc1. The first-order valence-corrected chi connectivity index (χ1v) is 8.37. The van der Waals surface area contributed by atoms with Crippen molar-refractivity contribution in [2.24, 2.45) is 0 Å². The zero-order chi connectivity index (χ0) is 19.2. The summed E-state index contributed by atoms with van der Waals surface area (Å²) in [6.07, 6.45) is 1.17. The standard InChI is InChI=1S/C20H15ClN2O4/c21-16-8-15(9-17(10-16)27-12-13-4-2-1-3-5-13)19(24)23-18-7-6-14(11-22-18)20(25)26/h1-11H,12H2,(H,25,26)(H,22,23,24). The number of benzene rings is 2. The Hall–Kier alpha value is -3.38. The number of nitrogens with one attached hydrogen (secondary N) is 1. The maximum atomic E-state index is 12.4. The summed E-state index contributed by atoms with van der Waals surface area (Å²) in [5, 5.41) is 11.8. The molecule has 0 aliphatic heterocycles. The molecule has 136 valence electrons. The molecule has 0 bridgehead atoms. The van der Waals surface area contributed by atoms with Gasteiger partial charge in [0, 0.05) is 16.8 Å². The zero-order valence-electron chi connectivity index (χ0n) is 14.1. The highest BCUT2D eigenvalue weighted by molar-refractivity contribution is 6.31. The molecule has 0 radical (unpaired) electrons. The van der Waals surface area contributed by atoms with Gasteiger partial charge in [0.15, 0.2) is 0 Å². The van der Waals surface area contributed by atoms with E-state index in [2.05, 4.69) is 10.3 Å². The van der Waals surface area contributed by atoms with Gasteiger partial charge in [-0.25, -0.2) is 9.78 Å². The Morgan fingerprint density at radius 3 is 2.48 bits per heavy atom. The van der Waals surface area contributed by atoms with Gasteiger partial charge in [-0.05, 0) is 35.9 Å². The summed E-state index contributed by atoms with van der Waals surface area (Å²) in [7, 11) is 0. The van der Waals surface area contributed by atoms with E-state index < -0.39 is 11.9 Å². The lowest BCUT2D eigenvalue weighted by atomic mass is 10.2. The summed E-state index contributed by atoms with van der Waals surface area (Å²) in [5.41, 5.74) is 1.33. The van der Waals surface area contributed by atoms with Crippen molar-refractivity contribution in [1.29, 1.82) is 0 Å². The minimum atomic E-state index is -1.09. The number of carbonyl (C=O) groups excluding carboxylic acids is 1. The van der Waals surface area contributed by atoms with Crippen LogP contribution in [0.3, 0.4) is 0 Å². The van der Waals surface area contributed by atoms with E-state index in [1.807, 2.05) is 30.3 Å². The number of carboxylic acids is 1. The van der Waals surface area contributed by atoms with Crippen LogP contribution < -0.4 is 10.1 Å². The van der Waals surface area contributed by atoms with Crippen LogP contribution in [0.15, 0.2) is 66.9 Å². The highest BCUT2D eigenvalue weighted by Crippen LogP contribution is 2.23. The maximum absolute atomic E-state index is 12.4. The Morgan fingerprint density at radius 1 is 1.04 bits per heavy atom. The summed E-state index contributed by atoms with van der Waals surface area (Å²) in [4.78, 5) is 27.2. The topological polar surface area (TPSA) is 88.5 Å². The number of rotatable bonds is 6. The van der Waals surface area contributed by atoms with E-state index in [0.717, 1.165) is 5.56 Å². The third-order valence-electron chi connectivity index (χ3n) is 3.63. The lowest BCUT2D eigenvalue weighted by Gasteiger charge is -2.10. The van der Waals surface area contributed by atoms with Crippen LogP contribution in [0.5, 0.6) is 5.75 Å². The van der Waals surface area contributed by atoms with E-state index in [4.69, 9.17) is 21.4 Å². The second-order valence-electron chi connectivity index (χ2n) is 5.64. The van der Waals surface area contributed by atoms with Crippen molar-refractivity contribution in [2.45, 2.75) is 6.61 Å². The number of amides is 1. The summed E-state index contributed by atoms with van der Waals surface area (Å²) in [6, 6.07) is 17.1. The molecule has 6 nitrogen and oxygen atoms in total. The molecule has 27 heavy (non-hydrogen) atoms. The van der Waals surface area contributed by atoms with Gasteiger partial charge in [-0.2, -0.15) is 0 Å². The van der Waals surface area contributed by atoms with E-state index in [9.17, 15) is 9.59 Å². The van der Waals surface area contributed by atoms with E-state index in [1.54, 1.807) is 12.1 Å². The fourth-order valence-corrected chi connectivity index (χ4v) is 2.53. The third-order valence-corrected chi connectivity index (χ3v) is 3.85. The van der Waals surface area contributed by atoms with Crippen LogP contribution in [-0.4, -0.2) is 22.0 Å². The predicted octanol–water partition coefficient (Wildman–Crippen LogP) is 4.26. The van der Waals surface area contributed by atoms with Crippen LogP contribution in [0.4, 0.5) is 5.82 Å². The number of nitrogens with zero attached hydrogens (tertiary/aromatic N) is 1. The number of aromatic carboxylic acids is 1. The van der Waals surface area contributed by atoms with Crippen molar-refractivity contribution in [3.05, 3.63) is 88.6 Å². The van der Waals surface area contributed by atoms with Gasteiger partial charge in [0.25, 0.3) is 5.91 Å². The number of carboxylic acid groups (broad SMARTS) is 1. The second kappa shape index (κ2) is 8.33. The van der Waals surface area contributed by atoms with Crippen molar-refractivity contribution in [1.82, 2.24) is 4.98 Å². The van der Waals surface area contributed by atoms with Gasteiger partial charge in [0.1, 0.15) is 18.2 Å². The van der Waals surface area contributed by atoms with Gasteiger partial charge in [-0.15, -0.1) is 0 Å². The van der Waals surface area contributed by atoms with Gasteiger partial charge < -0.3 is 15.2 Å². The lowest BCUT2D eigenvalue weighted by Crippen LogP contribution is -2.13. The van der Waals surface area contributed by atoms with Crippen LogP contribution in [0.1, 0.15) is 26.3 Å². The minimum absolute atomic E-state index is 0.0346. The van der Waals surface area contributed by atoms with Crippen molar-refractivity contribution < 1.29 is 19.4 Å². The molecule has 0 aliphatic rings. The van der Waals surface area contributed by atoms with Crippen LogP contribution in [0.25, 0.3) is 0 Å². The molecule has 3 rings (SSSR count). The van der Waals surface area contributed by atoms with E-state index >= 15 is 0 Å². The maximum Gasteiger partial charge on any atom is 0.337 e. The number of hydrogen-bond donors (Lipinski definition) is 2. The average Bonchev–Trinajstić information content (AvgIpc) is 2.67. The van der Waals surface area contributed by atoms with Gasteiger partial charge >= 0.3 is 5.97 Å². The molecule has 0 aliphatic carbocycles. The fraction of sp³-hybridized carbons (Fsp3) is 0.0500. The Balaban J connectivity index is 1.70. The Morgan fingerprint density at radius 2 is 1.81 bits per heavy atom. The summed E-state index contributed by atoms with van der Waals surface area (Å²) in [5.74, 6) is -0.824. The molecule has 0 saturated carbocycles. The molecule has 0 saturated heterocycles. The van der Waals surface area contributed by atoms with Gasteiger partial charge in [-0.1, -0.05) is 41.9 Å². The van der Waals surface area contributed by atoms with Gasteiger partial charge in [0.2, 0.25) is 0 Å². The molecule has 1 heterocycles. The molecule has 0 unspecified atom stereocenters. The molecule has 3 aromatic rings. The van der Waals surface area contributed by atoms with Gasteiger partial charge in [0.05, 0.1) is 5.56 Å². The summed E-state index contributed by atoms with van der Waals surface area (Å²) < 4.78 is 5.71. The molecule has 0 spiro atoms. The molecule has 0 fully saturated rings. The van der Waals surface area contributed by atoms with Gasteiger partial charge in [-0.3, -0.25) is 4.79 Å². The normalized spacial score (nSPS) is 10.3. The number of carbonyl (C=O) groups is 2. The number of pyridine rings is 1. The Bertz CT molecular complexity index is 959. The number of hydrogen-bond acceptors (Lipinski definition) is 4. The zero-order valence-corrected chi connectivity index (χ0v) is 14.8. The fourth-order valence-electron chi connectivity index (χ4n) is 2.30. The van der Waals surface area contributed by atoms with Crippen molar-refractivity contribution in [3.63, 3.8) is 0 Å². The predicted molar refractivity (Wildman–Crippen MR) is 101 cm³/mol. The first kappa shape index (κ1) is 18.4. The Labute approximate surface area is 160 Å². The first-order chi connectivity index (χ1) is 13.0. The molecule has 2 aromatic carbocycles. The lowest BCUT2D eigenvalue weighted by molar-refractivity contribution is 0.0696. The number of halogens is 1. The second-order valence-corrected chi connectivity index (χ2v) is 6.08. The smallest absolute Gasteiger partial charge is 0.337 e. The number of anilines is 1. The van der Waals surface area contributed by atoms with Crippen LogP contribution in [0, 0.1) is 0 Å². The molecule has 2 N–H and O–H groups in total. The van der Waals surface area contributed by atoms with Crippen LogP contribution >= 0.6 is 11.6 Å². The monoisotopic (exact) mass is 382 g/mol. The molecular formula is C20H15ClN2O4. The van der Waals surface area contributed by atoms with Crippen LogP contribution in [-0.2, 0) is 6.61 Å². The van der Waals surface area contributed by atoms with Crippen molar-refractivity contribution in [2.75, 3.05) is 5.32 Å². The summed E-state index contributed by atoms with van der Waals surface area (Å²) >= 11 is 6.09. The average molecular weight is 383 g/mol. The molecular weight excluding hydrogens is 368 g/mol. The van der Waals surface area contributed by atoms with E-state index in [1.165, 1.54) is 24.4 Å². The van der Waals surface area contributed by atoms with Crippen molar-refractivity contribution in [3.8, 4) is 5.75 Å². The molecule has 1 aromatic heterocycles. The highest BCUT2D eigenvalue weighted by atomic mass is 35.5. The van der Waals surface area contributed by atoms with Crippen molar-refractivity contribution >= 4 is 29.3 Å². The first-order valence-electron chi connectivity index (χ1n) is 7.99. The van der Waals surface area contributed by atoms with E-state index in [0.29, 0.717) is 22.9 Å². The molecule has 7 heteroatoms. The molecule has 0 atom stereocenters. The molecule has 1 amide bonds. The Kier molecular flexibility index (Phi) is 5.68. The minimum Gasteiger partial charge on any atom is -0.489 e. The summed E-state index contributed by atoms with van der Waals surface area (Å²) in [6.45, 7) is 0.348. The highest BCUT2D eigenvalue weighted by Gasteiger charge is 2.11. The van der Waals surface area contributed by atoms with Crippen LogP contribution in [0.2, 0.25) is 5.02 Å². The number of aromatic nitrogens is 1.